The quantitative estimate of drug-likeness (QED) is 0.333. The zero-order valence-corrected chi connectivity index (χ0v) is 15.4. The number of esters is 2. The van der Waals surface area contributed by atoms with Crippen molar-refractivity contribution in [2.75, 3.05) is 6.54 Å². The van der Waals surface area contributed by atoms with E-state index < -0.39 is 64.2 Å². The molecule has 0 bridgehead atoms. The number of cyclic esters (lactones) is 2. The van der Waals surface area contributed by atoms with Crippen LogP contribution in [0.15, 0.2) is 29.5 Å². The molecule has 10 heteroatoms. The molecule has 0 aromatic heterocycles. The fourth-order valence-corrected chi connectivity index (χ4v) is 4.35. The lowest BCUT2D eigenvalue weighted by molar-refractivity contribution is -0.222. The average molecular weight is 409 g/mol. The van der Waals surface area contributed by atoms with Gasteiger partial charge in [0, 0.05) is 31.9 Å². The Kier molecular flexibility index (Phi) is 3.91. The van der Waals surface area contributed by atoms with E-state index in [1.807, 2.05) is 0 Å². The Bertz CT molecular complexity index is 947. The SMILES string of the molecule is CC1(C)OC(=O)C(=C(O)C2[C@@H]3C[C@]3(c3cc(F)cc(F)c3)CN2C(=O)O)C(=O)O1. The summed E-state index contributed by atoms with van der Waals surface area (Å²) in [5, 5.41) is 20.3. The smallest absolute Gasteiger partial charge is 0.407 e. The fraction of sp³-hybridized carbons (Fsp3) is 0.421. The largest absolute Gasteiger partial charge is 0.509 e. The highest BCUT2D eigenvalue weighted by Crippen LogP contribution is 2.63. The van der Waals surface area contributed by atoms with Gasteiger partial charge in [0.05, 0.1) is 6.04 Å². The average Bonchev–Trinajstić information content (AvgIpc) is 3.17. The van der Waals surface area contributed by atoms with E-state index in [0.717, 1.165) is 17.0 Å². The van der Waals surface area contributed by atoms with Crippen molar-refractivity contribution in [3.8, 4) is 0 Å². The van der Waals surface area contributed by atoms with Crippen LogP contribution in [0.3, 0.4) is 0 Å². The molecule has 3 atom stereocenters. The zero-order chi connectivity index (χ0) is 21.3. The van der Waals surface area contributed by atoms with Crippen LogP contribution in [-0.4, -0.2) is 51.5 Å². The number of fused-ring (bicyclic) bond motifs is 1. The number of rotatable bonds is 2. The monoisotopic (exact) mass is 409 g/mol. The van der Waals surface area contributed by atoms with Gasteiger partial charge in [-0.2, -0.15) is 0 Å². The van der Waals surface area contributed by atoms with E-state index in [2.05, 4.69) is 0 Å². The number of piperidine rings is 1. The van der Waals surface area contributed by atoms with Gasteiger partial charge in [0.15, 0.2) is 5.57 Å². The Morgan fingerprint density at radius 2 is 1.66 bits per heavy atom. The Labute approximate surface area is 163 Å². The van der Waals surface area contributed by atoms with Crippen LogP contribution in [0, 0.1) is 17.6 Å². The standard InChI is InChI=1S/C19H17F2NO7/c1-18(2)28-15(24)12(16(25)29-18)14(23)13-11-6-19(11,7-22(13)17(26)27)8-3-9(20)5-10(21)4-8/h3-5,11,13,23H,6-7H2,1-2H3,(H,26,27)/t11-,13?,19+/m0/s1. The van der Waals surface area contributed by atoms with Crippen molar-refractivity contribution in [2.24, 2.45) is 5.92 Å². The van der Waals surface area contributed by atoms with Gasteiger partial charge in [-0.1, -0.05) is 0 Å². The summed E-state index contributed by atoms with van der Waals surface area (Å²) in [5.41, 5.74) is -1.46. The molecule has 4 rings (SSSR count). The van der Waals surface area contributed by atoms with Gasteiger partial charge in [-0.05, 0) is 30.0 Å². The minimum Gasteiger partial charge on any atom is -0.509 e. The highest BCUT2D eigenvalue weighted by Gasteiger charge is 2.68. The zero-order valence-electron chi connectivity index (χ0n) is 15.4. The minimum absolute atomic E-state index is 0.159. The van der Waals surface area contributed by atoms with Crippen molar-refractivity contribution < 1.29 is 42.9 Å². The maximum atomic E-state index is 13.7. The molecule has 1 aromatic carbocycles. The molecule has 154 valence electrons. The predicted octanol–water partition coefficient (Wildman–Crippen LogP) is 2.23. The Balaban J connectivity index is 1.75. The summed E-state index contributed by atoms with van der Waals surface area (Å²) in [5.74, 6) is -6.79. The summed E-state index contributed by atoms with van der Waals surface area (Å²) < 4.78 is 37.3. The molecule has 2 N–H and O–H groups in total. The number of likely N-dealkylation sites (tertiary alicyclic amines) is 1. The molecule has 0 radical (unpaired) electrons. The third-order valence-electron chi connectivity index (χ3n) is 5.61. The van der Waals surface area contributed by atoms with Gasteiger partial charge < -0.3 is 19.7 Å². The first-order valence-corrected chi connectivity index (χ1v) is 8.81. The van der Waals surface area contributed by atoms with Gasteiger partial charge in [0.2, 0.25) is 0 Å². The number of carbonyl (C=O) groups excluding carboxylic acids is 2. The number of carbonyl (C=O) groups is 3. The van der Waals surface area contributed by atoms with Crippen molar-refractivity contribution in [3.05, 3.63) is 46.7 Å². The third kappa shape index (κ3) is 2.90. The molecule has 1 amide bonds. The fourth-order valence-electron chi connectivity index (χ4n) is 4.35. The Morgan fingerprint density at radius 1 is 1.10 bits per heavy atom. The normalized spacial score (nSPS) is 29.8. The molecule has 29 heavy (non-hydrogen) atoms. The Morgan fingerprint density at radius 3 is 2.17 bits per heavy atom. The highest BCUT2D eigenvalue weighted by molar-refractivity contribution is 6.16. The molecule has 3 aliphatic rings. The van der Waals surface area contributed by atoms with Crippen LogP contribution >= 0.6 is 0 Å². The molecule has 2 aliphatic heterocycles. The molecule has 8 nitrogen and oxygen atoms in total. The van der Waals surface area contributed by atoms with Crippen molar-refractivity contribution in [1.29, 1.82) is 0 Å². The van der Waals surface area contributed by atoms with Crippen LogP contribution in [0.4, 0.5) is 13.6 Å². The molecule has 1 aromatic rings. The van der Waals surface area contributed by atoms with E-state index in [1.165, 1.54) is 13.8 Å². The second kappa shape index (κ2) is 5.91. The maximum Gasteiger partial charge on any atom is 0.407 e. The topological polar surface area (TPSA) is 113 Å². The summed E-state index contributed by atoms with van der Waals surface area (Å²) in [7, 11) is 0. The van der Waals surface area contributed by atoms with E-state index in [0.29, 0.717) is 12.5 Å². The number of halogens is 2. The molecule has 1 unspecified atom stereocenters. The Hall–Kier alpha value is -3.17. The van der Waals surface area contributed by atoms with E-state index in [-0.39, 0.29) is 12.1 Å². The van der Waals surface area contributed by atoms with Crippen LogP contribution in [0.5, 0.6) is 0 Å². The number of nitrogens with zero attached hydrogens (tertiary/aromatic N) is 1. The van der Waals surface area contributed by atoms with Crippen molar-refractivity contribution in [1.82, 2.24) is 4.90 Å². The highest BCUT2D eigenvalue weighted by atomic mass is 19.1. The molecule has 2 saturated heterocycles. The van der Waals surface area contributed by atoms with Gasteiger partial charge in [0.1, 0.15) is 17.4 Å². The molecule has 0 spiro atoms. The lowest BCUT2D eigenvalue weighted by Gasteiger charge is -2.31. The molecular formula is C19H17F2NO7. The third-order valence-corrected chi connectivity index (χ3v) is 5.61. The first kappa shape index (κ1) is 19.2. The summed E-state index contributed by atoms with van der Waals surface area (Å²) >= 11 is 0. The van der Waals surface area contributed by atoms with Crippen LogP contribution in [0.1, 0.15) is 25.8 Å². The van der Waals surface area contributed by atoms with E-state index in [4.69, 9.17) is 9.47 Å². The lowest BCUT2D eigenvalue weighted by atomic mass is 9.93. The van der Waals surface area contributed by atoms with Crippen molar-refractivity contribution in [3.63, 3.8) is 0 Å². The van der Waals surface area contributed by atoms with Crippen LogP contribution < -0.4 is 0 Å². The lowest BCUT2D eigenvalue weighted by Crippen LogP contribution is -2.45. The summed E-state index contributed by atoms with van der Waals surface area (Å²) in [6, 6.07) is 1.67. The predicted molar refractivity (Wildman–Crippen MR) is 90.6 cm³/mol. The number of hydrogen-bond donors (Lipinski definition) is 2. The number of hydrogen-bond acceptors (Lipinski definition) is 6. The van der Waals surface area contributed by atoms with Crippen LogP contribution in [0.25, 0.3) is 0 Å². The van der Waals surface area contributed by atoms with Crippen molar-refractivity contribution >= 4 is 18.0 Å². The summed E-state index contributed by atoms with van der Waals surface area (Å²) in [4.78, 5) is 37.1. The van der Waals surface area contributed by atoms with E-state index >= 15 is 0 Å². The second-order valence-electron chi connectivity index (χ2n) is 7.92. The first-order chi connectivity index (χ1) is 13.4. The maximum absolute atomic E-state index is 13.7. The molecule has 1 saturated carbocycles. The van der Waals surface area contributed by atoms with Crippen LogP contribution in [0.2, 0.25) is 0 Å². The van der Waals surface area contributed by atoms with Gasteiger partial charge >= 0.3 is 18.0 Å². The molecule has 3 fully saturated rings. The summed E-state index contributed by atoms with van der Waals surface area (Å²) in [6.45, 7) is 2.51. The number of amides is 1. The second-order valence-corrected chi connectivity index (χ2v) is 7.92. The number of carboxylic acid groups (broad SMARTS) is 1. The number of benzene rings is 1. The van der Waals surface area contributed by atoms with E-state index in [1.54, 1.807) is 0 Å². The van der Waals surface area contributed by atoms with E-state index in [9.17, 15) is 33.4 Å². The number of aliphatic hydroxyl groups excluding tert-OH is 1. The van der Waals surface area contributed by atoms with Gasteiger partial charge in [-0.25, -0.2) is 23.2 Å². The van der Waals surface area contributed by atoms with Crippen LogP contribution in [-0.2, 0) is 24.5 Å². The number of aliphatic hydroxyl groups is 1. The first-order valence-electron chi connectivity index (χ1n) is 8.81. The minimum atomic E-state index is -1.53. The molecule has 2 heterocycles. The van der Waals surface area contributed by atoms with Gasteiger partial charge in [-0.15, -0.1) is 0 Å². The summed E-state index contributed by atoms with van der Waals surface area (Å²) in [6.07, 6.45) is -1.10. The molecular weight excluding hydrogens is 392 g/mol. The van der Waals surface area contributed by atoms with Crippen molar-refractivity contribution in [2.45, 2.75) is 37.5 Å². The number of ether oxygens (including phenoxy) is 2. The van der Waals surface area contributed by atoms with Gasteiger partial charge in [0.25, 0.3) is 5.79 Å². The molecule has 1 aliphatic carbocycles. The van der Waals surface area contributed by atoms with Gasteiger partial charge in [-0.3, -0.25) is 4.90 Å².